The van der Waals surface area contributed by atoms with E-state index in [1.807, 2.05) is 7.05 Å². The molecule has 78 valence electrons. The Labute approximate surface area is 83.8 Å². The number of nitrogens with zero attached hydrogens (tertiary/aromatic N) is 1. The fourth-order valence-corrected chi connectivity index (χ4v) is 3.76. The van der Waals surface area contributed by atoms with Gasteiger partial charge in [0.25, 0.3) is 0 Å². The first-order chi connectivity index (χ1) is 6.69. The lowest BCUT2D eigenvalue weighted by atomic mass is 10.1. The van der Waals surface area contributed by atoms with Crippen molar-refractivity contribution in [3.05, 3.63) is 0 Å². The quantitative estimate of drug-likeness (QED) is 0.575. The van der Waals surface area contributed by atoms with E-state index in [2.05, 4.69) is 5.32 Å². The van der Waals surface area contributed by atoms with E-state index in [9.17, 15) is 4.79 Å². The van der Waals surface area contributed by atoms with Crippen LogP contribution in [0.15, 0.2) is 0 Å². The smallest absolute Gasteiger partial charge is 0.311 e. The zero-order valence-corrected chi connectivity index (χ0v) is 8.69. The number of likely N-dealkylation sites (N-methyl/N-ethyl adjacent to an activating group) is 1. The van der Waals surface area contributed by atoms with Crippen LogP contribution >= 0.6 is 0 Å². The minimum atomic E-state index is 0.265. The number of hydrogen-bond acceptors (Lipinski definition) is 3. The molecular formula is C10H17N2O2+. The lowest BCUT2D eigenvalue weighted by molar-refractivity contribution is -0.861. The highest BCUT2D eigenvalue weighted by Gasteiger charge is 2.69. The average Bonchev–Trinajstić information content (AvgIpc) is 2.69. The van der Waals surface area contributed by atoms with Crippen LogP contribution < -0.4 is 5.32 Å². The highest BCUT2D eigenvalue weighted by atomic mass is 16.5. The second kappa shape index (κ2) is 2.56. The molecule has 4 nitrogen and oxygen atoms in total. The third-order valence-corrected chi connectivity index (χ3v) is 4.35. The number of carbonyl (C=O) groups is 1. The van der Waals surface area contributed by atoms with Gasteiger partial charge in [-0.1, -0.05) is 0 Å². The summed E-state index contributed by atoms with van der Waals surface area (Å²) < 4.78 is 6.58. The molecule has 5 atom stereocenters. The highest BCUT2D eigenvalue weighted by Crippen LogP contribution is 2.46. The third kappa shape index (κ3) is 0.782. The van der Waals surface area contributed by atoms with Crippen LogP contribution in [0.2, 0.25) is 0 Å². The molecular weight excluding hydrogens is 180 g/mol. The number of rotatable bonds is 1. The maximum Gasteiger partial charge on any atom is 0.311 e. The topological polar surface area (TPSA) is 38.3 Å². The predicted molar refractivity (Wildman–Crippen MR) is 50.6 cm³/mol. The molecule has 0 aromatic rings. The van der Waals surface area contributed by atoms with Crippen molar-refractivity contribution in [2.45, 2.75) is 37.6 Å². The zero-order chi connectivity index (χ0) is 9.92. The summed E-state index contributed by atoms with van der Waals surface area (Å²) in [5.41, 5.74) is 0. The predicted octanol–water partition coefficient (Wildman–Crippen LogP) is -0.509. The molecule has 3 fully saturated rings. The summed E-state index contributed by atoms with van der Waals surface area (Å²) in [6.07, 6.45) is 1.65. The molecule has 0 aromatic carbocycles. The molecule has 1 amide bonds. The van der Waals surface area contributed by atoms with Gasteiger partial charge >= 0.3 is 5.91 Å². The van der Waals surface area contributed by atoms with Gasteiger partial charge in [0.15, 0.2) is 0 Å². The Balaban J connectivity index is 2.01. The molecule has 3 rings (SSSR count). The van der Waals surface area contributed by atoms with Gasteiger partial charge in [-0.05, 0) is 7.05 Å². The molecule has 0 spiro atoms. The first-order valence-electron chi connectivity index (χ1n) is 5.39. The van der Waals surface area contributed by atoms with Crippen molar-refractivity contribution in [3.63, 3.8) is 0 Å². The molecule has 3 heterocycles. The molecule has 0 radical (unpaired) electrons. The lowest BCUT2D eigenvalue weighted by Crippen LogP contribution is -2.57. The van der Waals surface area contributed by atoms with Crippen molar-refractivity contribution >= 4 is 5.91 Å². The SMILES string of the molecule is CNC1C2C[N+]3(C(C)=O)CCC(O2)C13. The number of hydrogen-bond donors (Lipinski definition) is 1. The molecule has 0 aliphatic carbocycles. The van der Waals surface area contributed by atoms with E-state index in [0.717, 1.165) is 19.5 Å². The molecule has 1 N–H and O–H groups in total. The van der Waals surface area contributed by atoms with Crippen LogP contribution in [0.3, 0.4) is 0 Å². The summed E-state index contributed by atoms with van der Waals surface area (Å²) in [6, 6.07) is 0.786. The monoisotopic (exact) mass is 197 g/mol. The van der Waals surface area contributed by atoms with E-state index in [1.54, 1.807) is 6.92 Å². The number of morpholine rings is 1. The van der Waals surface area contributed by atoms with Crippen LogP contribution in [0.1, 0.15) is 13.3 Å². The van der Waals surface area contributed by atoms with Gasteiger partial charge in [0.05, 0.1) is 19.5 Å². The van der Waals surface area contributed by atoms with Gasteiger partial charge in [-0.15, -0.1) is 0 Å². The molecule has 3 aliphatic rings. The van der Waals surface area contributed by atoms with Crippen LogP contribution in [-0.2, 0) is 9.53 Å². The third-order valence-electron chi connectivity index (χ3n) is 4.35. The molecule has 5 unspecified atom stereocenters. The van der Waals surface area contributed by atoms with Gasteiger partial charge in [0.1, 0.15) is 24.8 Å². The van der Waals surface area contributed by atoms with Crippen molar-refractivity contribution in [2.75, 3.05) is 20.1 Å². The van der Waals surface area contributed by atoms with E-state index in [0.29, 0.717) is 28.6 Å². The summed E-state index contributed by atoms with van der Waals surface area (Å²) >= 11 is 0. The molecule has 14 heavy (non-hydrogen) atoms. The Hall–Kier alpha value is -0.450. The number of fused-ring (bicyclic) bond motifs is 1. The van der Waals surface area contributed by atoms with Crippen LogP contribution in [0, 0.1) is 0 Å². The zero-order valence-electron chi connectivity index (χ0n) is 8.69. The molecule has 3 saturated heterocycles. The number of ether oxygens (including phenoxy) is 1. The summed E-state index contributed by atoms with van der Waals surface area (Å²) in [5, 5.41) is 3.31. The second-order valence-electron chi connectivity index (χ2n) is 4.77. The van der Waals surface area contributed by atoms with Crippen molar-refractivity contribution < 1.29 is 14.0 Å². The van der Waals surface area contributed by atoms with E-state index in [1.165, 1.54) is 0 Å². The number of amides is 1. The minimum absolute atomic E-state index is 0.265. The van der Waals surface area contributed by atoms with E-state index in [-0.39, 0.29) is 6.10 Å². The van der Waals surface area contributed by atoms with Gasteiger partial charge in [-0.3, -0.25) is 4.48 Å². The standard InChI is InChI=1S/C10H17N2O2/c1-6(13)12-4-3-7-10(12)9(11-2)8(5-12)14-7/h7-11H,3-5H2,1-2H3/q+1. The Morgan fingerprint density at radius 2 is 2.29 bits per heavy atom. The summed E-state index contributed by atoms with van der Waals surface area (Å²) in [6.45, 7) is 3.61. The van der Waals surface area contributed by atoms with Crippen molar-refractivity contribution in [3.8, 4) is 0 Å². The van der Waals surface area contributed by atoms with Crippen molar-refractivity contribution in [1.82, 2.24) is 5.32 Å². The number of carbonyl (C=O) groups excluding carboxylic acids is 1. The first-order valence-corrected chi connectivity index (χ1v) is 5.39. The number of nitrogens with one attached hydrogen (secondary N) is 1. The van der Waals surface area contributed by atoms with Gasteiger partial charge < -0.3 is 10.1 Å². The summed E-state index contributed by atoms with van der Waals surface area (Å²) in [5.74, 6) is 0.323. The Bertz CT molecular complexity index is 294. The van der Waals surface area contributed by atoms with Crippen LogP contribution in [0.25, 0.3) is 0 Å². The van der Waals surface area contributed by atoms with Crippen molar-refractivity contribution in [2.24, 2.45) is 0 Å². The first kappa shape index (κ1) is 8.83. The summed E-state index contributed by atoms with van der Waals surface area (Å²) in [4.78, 5) is 11.8. The van der Waals surface area contributed by atoms with E-state index < -0.39 is 0 Å². The van der Waals surface area contributed by atoms with E-state index in [4.69, 9.17) is 4.74 Å². The number of quaternary nitrogens is 1. The Morgan fingerprint density at radius 3 is 2.86 bits per heavy atom. The van der Waals surface area contributed by atoms with Gasteiger partial charge in [-0.25, -0.2) is 4.79 Å². The fraction of sp³-hybridized carbons (Fsp3) is 0.900. The van der Waals surface area contributed by atoms with Gasteiger partial charge in [0, 0.05) is 6.42 Å². The molecule has 0 saturated carbocycles. The molecule has 0 aromatic heterocycles. The fourth-order valence-electron chi connectivity index (χ4n) is 3.76. The summed E-state index contributed by atoms with van der Waals surface area (Å²) in [7, 11) is 1.97. The maximum atomic E-state index is 11.8. The molecule has 4 heteroatoms. The normalized spacial score (nSPS) is 54.1. The van der Waals surface area contributed by atoms with Crippen LogP contribution in [0.4, 0.5) is 0 Å². The van der Waals surface area contributed by atoms with Crippen molar-refractivity contribution in [1.29, 1.82) is 0 Å². The highest BCUT2D eigenvalue weighted by molar-refractivity contribution is 5.67. The Kier molecular flexibility index (Phi) is 1.62. The average molecular weight is 197 g/mol. The van der Waals surface area contributed by atoms with Crippen LogP contribution in [0.5, 0.6) is 0 Å². The lowest BCUT2D eigenvalue weighted by Gasteiger charge is -2.33. The van der Waals surface area contributed by atoms with E-state index >= 15 is 0 Å². The second-order valence-corrected chi connectivity index (χ2v) is 4.77. The maximum absolute atomic E-state index is 11.8. The van der Waals surface area contributed by atoms with Crippen LogP contribution in [-0.4, -0.2) is 54.8 Å². The van der Waals surface area contributed by atoms with Gasteiger partial charge in [-0.2, -0.15) is 0 Å². The van der Waals surface area contributed by atoms with Gasteiger partial charge in [0.2, 0.25) is 0 Å². The largest absolute Gasteiger partial charge is 0.361 e. The minimum Gasteiger partial charge on any atom is -0.361 e. The molecule has 2 bridgehead atoms. The Morgan fingerprint density at radius 1 is 1.50 bits per heavy atom. The molecule has 3 aliphatic heterocycles.